The van der Waals surface area contributed by atoms with E-state index in [9.17, 15) is 18.0 Å². The smallest absolute Gasteiger partial charge is 0.406 e. The maximum Gasteiger partial charge on any atom is 0.573 e. The molecule has 1 aliphatic carbocycles. The van der Waals surface area contributed by atoms with Crippen molar-refractivity contribution in [1.82, 2.24) is 14.8 Å². The quantitative estimate of drug-likeness (QED) is 0.120. The number of thioether (sulfide) groups is 2. The molecule has 50 heavy (non-hydrogen) atoms. The summed E-state index contributed by atoms with van der Waals surface area (Å²) in [7, 11) is 0. The molecule has 8 nitrogen and oxygen atoms in total. The Morgan fingerprint density at radius 2 is 1.76 bits per heavy atom. The minimum Gasteiger partial charge on any atom is -0.406 e. The van der Waals surface area contributed by atoms with Crippen LogP contribution in [-0.4, -0.2) is 54.4 Å². The average molecular weight is 721 g/mol. The van der Waals surface area contributed by atoms with E-state index in [4.69, 9.17) is 9.98 Å². The number of hydrogen-bond acceptors (Lipinski definition) is 7. The molecule has 2 heterocycles. The van der Waals surface area contributed by atoms with E-state index >= 15 is 0 Å². The number of aryl methyl sites for hydroxylation is 1. The summed E-state index contributed by atoms with van der Waals surface area (Å²) in [4.78, 5) is 30.1. The Balaban J connectivity index is 1.17. The zero-order valence-electron chi connectivity index (χ0n) is 28.6. The normalized spacial score (nSPS) is 16.8. The summed E-state index contributed by atoms with van der Waals surface area (Å²) < 4.78 is 42.5. The predicted molar refractivity (Wildman–Crippen MR) is 197 cm³/mol. The zero-order valence-corrected chi connectivity index (χ0v) is 30.2. The number of rotatable bonds is 10. The molecule has 0 unspecified atom stereocenters. The van der Waals surface area contributed by atoms with Gasteiger partial charge in [-0.3, -0.25) is 14.7 Å². The zero-order chi connectivity index (χ0) is 35.6. The molecule has 2 fully saturated rings. The molecule has 1 aliphatic heterocycles. The molecule has 4 aromatic rings. The molecule has 262 valence electrons. The van der Waals surface area contributed by atoms with Gasteiger partial charge in [-0.1, -0.05) is 87.6 Å². The second-order valence-electron chi connectivity index (χ2n) is 13.2. The Kier molecular flexibility index (Phi) is 10.5. The first-order chi connectivity index (χ1) is 23.8. The van der Waals surface area contributed by atoms with Crippen LogP contribution in [0.25, 0.3) is 17.1 Å². The molecule has 1 spiro atoms. The number of hydrogen-bond donors (Lipinski definition) is 0. The van der Waals surface area contributed by atoms with Crippen molar-refractivity contribution >= 4 is 45.5 Å². The highest BCUT2D eigenvalue weighted by Gasteiger charge is 2.60. The lowest BCUT2D eigenvalue weighted by Crippen LogP contribution is -2.34. The van der Waals surface area contributed by atoms with E-state index in [2.05, 4.69) is 67.6 Å². The number of alkyl halides is 3. The van der Waals surface area contributed by atoms with E-state index in [0.29, 0.717) is 40.7 Å². The number of anilines is 1. The topological polar surface area (TPSA) is 85.0 Å². The maximum absolute atomic E-state index is 13.8. The van der Waals surface area contributed by atoms with Crippen molar-refractivity contribution in [1.29, 1.82) is 0 Å². The Bertz CT molecular complexity index is 1900. The van der Waals surface area contributed by atoms with E-state index in [-0.39, 0.29) is 17.6 Å². The van der Waals surface area contributed by atoms with Gasteiger partial charge in [0, 0.05) is 17.9 Å². The van der Waals surface area contributed by atoms with Gasteiger partial charge in [0.05, 0.1) is 11.4 Å². The van der Waals surface area contributed by atoms with E-state index in [1.165, 1.54) is 35.3 Å². The van der Waals surface area contributed by atoms with Gasteiger partial charge in [0.2, 0.25) is 5.91 Å². The standard InChI is InChI=1S/C37H39F3N6O2S2/c1-23(2)21-49-34(43-35-46(33(47)36(50-35)17-18-36)31-20-25(5)6-15-30(31)24(3)4)41-19-16-26-7-9-27(10-8-26)32-42-22-45(44-32)28-11-13-29(14-12-28)48-37(38,39)40/h6-15,20,22-24H,16-19,21H2,1-5H3/b41-34?,43-35-. The van der Waals surface area contributed by atoms with Gasteiger partial charge in [0.25, 0.3) is 0 Å². The SMILES string of the molecule is Cc1ccc(C(C)C)c(N2C(=O)C3(CC3)S/C2=N\C(=NCCc2ccc(-c3ncn(-c4ccc(OC(F)(F)F)cc4)n3)cc2)SCC(C)C)c1. The molecule has 1 saturated carbocycles. The maximum atomic E-state index is 13.8. The molecule has 0 N–H and O–H groups in total. The lowest BCUT2D eigenvalue weighted by atomic mass is 9.98. The highest BCUT2D eigenvalue weighted by atomic mass is 32.2. The molecule has 13 heteroatoms. The first kappa shape index (κ1) is 35.7. The number of aromatic nitrogens is 3. The molecular weight excluding hydrogens is 682 g/mol. The van der Waals surface area contributed by atoms with Crippen LogP contribution in [0.4, 0.5) is 18.9 Å². The van der Waals surface area contributed by atoms with Crippen LogP contribution in [0.2, 0.25) is 0 Å². The lowest BCUT2D eigenvalue weighted by Gasteiger charge is -2.22. The number of nitrogens with zero attached hydrogens (tertiary/aromatic N) is 6. The fraction of sp³-hybridized carbons (Fsp3) is 0.378. The van der Waals surface area contributed by atoms with Crippen LogP contribution in [0, 0.1) is 12.8 Å². The number of aliphatic imine (C=N–C) groups is 2. The van der Waals surface area contributed by atoms with Crippen LogP contribution in [0.1, 0.15) is 63.1 Å². The van der Waals surface area contributed by atoms with Crippen LogP contribution in [0.15, 0.2) is 83.0 Å². The molecule has 0 bridgehead atoms. The van der Waals surface area contributed by atoms with Gasteiger partial charge in [0.15, 0.2) is 16.2 Å². The number of ether oxygens (including phenoxy) is 1. The fourth-order valence-electron chi connectivity index (χ4n) is 5.46. The van der Waals surface area contributed by atoms with Crippen LogP contribution in [-0.2, 0) is 11.2 Å². The molecule has 0 radical (unpaired) electrons. The van der Waals surface area contributed by atoms with Crippen molar-refractivity contribution in [3.8, 4) is 22.8 Å². The van der Waals surface area contributed by atoms with Gasteiger partial charge in [-0.2, -0.15) is 4.99 Å². The van der Waals surface area contributed by atoms with Gasteiger partial charge in [-0.15, -0.1) is 18.3 Å². The summed E-state index contributed by atoms with van der Waals surface area (Å²) in [6.45, 7) is 11.2. The summed E-state index contributed by atoms with van der Waals surface area (Å²) in [5.41, 5.74) is 5.59. The summed E-state index contributed by atoms with van der Waals surface area (Å²) in [5, 5.41) is 5.88. The number of carbonyl (C=O) groups is 1. The lowest BCUT2D eigenvalue weighted by molar-refractivity contribution is -0.274. The first-order valence-corrected chi connectivity index (χ1v) is 18.4. The van der Waals surface area contributed by atoms with Crippen molar-refractivity contribution in [2.45, 2.75) is 70.9 Å². The van der Waals surface area contributed by atoms with Gasteiger partial charge < -0.3 is 4.74 Å². The van der Waals surface area contributed by atoms with Crippen molar-refractivity contribution in [2.24, 2.45) is 15.9 Å². The average Bonchev–Trinajstić information content (AvgIpc) is 3.58. The van der Waals surface area contributed by atoms with E-state index in [0.717, 1.165) is 46.5 Å². The van der Waals surface area contributed by atoms with Gasteiger partial charge in [0.1, 0.15) is 16.8 Å². The highest BCUT2D eigenvalue weighted by molar-refractivity contribution is 8.17. The molecule has 1 amide bonds. The minimum atomic E-state index is -4.75. The molecule has 1 saturated heterocycles. The highest BCUT2D eigenvalue weighted by Crippen LogP contribution is 2.56. The second kappa shape index (κ2) is 14.6. The van der Waals surface area contributed by atoms with Crippen molar-refractivity contribution in [3.05, 3.63) is 89.7 Å². The summed E-state index contributed by atoms with van der Waals surface area (Å²) in [5.74, 6) is 1.87. The number of halogens is 3. The minimum absolute atomic E-state index is 0.120. The number of benzene rings is 3. The van der Waals surface area contributed by atoms with Crippen molar-refractivity contribution < 1.29 is 22.7 Å². The molecule has 0 atom stereocenters. The summed E-state index contributed by atoms with van der Waals surface area (Å²) >= 11 is 3.21. The Hall–Kier alpha value is -4.10. The van der Waals surface area contributed by atoms with Crippen LogP contribution in [0.3, 0.4) is 0 Å². The summed E-state index contributed by atoms with van der Waals surface area (Å²) in [6, 6.07) is 19.7. The van der Waals surface area contributed by atoms with Crippen LogP contribution >= 0.6 is 23.5 Å². The largest absolute Gasteiger partial charge is 0.573 e. The van der Waals surface area contributed by atoms with Gasteiger partial charge in [-0.25, -0.2) is 9.67 Å². The van der Waals surface area contributed by atoms with E-state index < -0.39 is 11.1 Å². The van der Waals surface area contributed by atoms with E-state index in [1.807, 2.05) is 29.2 Å². The van der Waals surface area contributed by atoms with E-state index in [1.54, 1.807) is 23.5 Å². The van der Waals surface area contributed by atoms with Crippen molar-refractivity contribution in [3.63, 3.8) is 0 Å². The fourth-order valence-corrected chi connectivity index (χ4v) is 7.58. The van der Waals surface area contributed by atoms with Crippen LogP contribution < -0.4 is 9.64 Å². The first-order valence-electron chi connectivity index (χ1n) is 16.6. The number of carbonyl (C=O) groups excluding carboxylic acids is 1. The summed E-state index contributed by atoms with van der Waals surface area (Å²) in [6.07, 6.45) is -0.817. The Morgan fingerprint density at radius 3 is 2.40 bits per heavy atom. The van der Waals surface area contributed by atoms with Crippen molar-refractivity contribution in [2.75, 3.05) is 17.2 Å². The third-order valence-corrected chi connectivity index (χ3v) is 11.0. The molecular formula is C37H39F3N6O2S2. The number of amides is 1. The molecule has 6 rings (SSSR count). The van der Waals surface area contributed by atoms with Gasteiger partial charge in [-0.05, 0) is 85.0 Å². The molecule has 2 aliphatic rings. The molecule has 1 aromatic heterocycles. The third kappa shape index (κ3) is 8.43. The number of amidine groups is 2. The predicted octanol–water partition coefficient (Wildman–Crippen LogP) is 9.22. The Morgan fingerprint density at radius 1 is 1.04 bits per heavy atom. The third-order valence-electron chi connectivity index (χ3n) is 8.25. The second-order valence-corrected chi connectivity index (χ2v) is 15.6. The monoisotopic (exact) mass is 720 g/mol. The van der Waals surface area contributed by atoms with Crippen LogP contribution in [0.5, 0.6) is 5.75 Å². The Labute approximate surface area is 298 Å². The van der Waals surface area contributed by atoms with Gasteiger partial charge >= 0.3 is 6.36 Å². The molecule has 3 aromatic carbocycles.